The summed E-state index contributed by atoms with van der Waals surface area (Å²) in [5, 5.41) is 0. The number of hydrogen-bond donors (Lipinski definition) is 0. The monoisotopic (exact) mass is 262 g/mol. The second-order valence-corrected chi connectivity index (χ2v) is 7.15. The van der Waals surface area contributed by atoms with Gasteiger partial charge in [-0.15, -0.1) is 11.3 Å². The zero-order valence-corrected chi connectivity index (χ0v) is 12.1. The van der Waals surface area contributed by atoms with E-state index in [0.717, 1.165) is 24.8 Å². The highest BCUT2D eigenvalue weighted by molar-refractivity contribution is 7.12. The molecule has 2 aliphatic rings. The number of fused-ring (bicyclic) bond motifs is 1. The van der Waals surface area contributed by atoms with Crippen LogP contribution in [0.15, 0.2) is 0 Å². The minimum Gasteiger partial charge on any atom is -0.294 e. The summed E-state index contributed by atoms with van der Waals surface area (Å²) in [4.78, 5) is 15.6. The van der Waals surface area contributed by atoms with Crippen LogP contribution in [0.1, 0.15) is 70.6 Å². The molecule has 0 aromatic carbocycles. The van der Waals surface area contributed by atoms with Gasteiger partial charge in [0.05, 0.1) is 0 Å². The van der Waals surface area contributed by atoms with Gasteiger partial charge in [0.2, 0.25) is 0 Å². The molecule has 1 nitrogen and oxygen atoms in total. The van der Waals surface area contributed by atoms with Crippen molar-refractivity contribution in [2.75, 3.05) is 0 Å². The maximum absolute atomic E-state index is 12.8. The van der Waals surface area contributed by atoms with E-state index >= 15 is 0 Å². The van der Waals surface area contributed by atoms with Crippen molar-refractivity contribution in [1.82, 2.24) is 0 Å². The van der Waals surface area contributed by atoms with Crippen molar-refractivity contribution < 1.29 is 4.79 Å². The Morgan fingerprint density at radius 1 is 1.06 bits per heavy atom. The van der Waals surface area contributed by atoms with Crippen LogP contribution in [0, 0.1) is 12.8 Å². The van der Waals surface area contributed by atoms with Crippen LogP contribution in [0.2, 0.25) is 0 Å². The highest BCUT2D eigenvalue weighted by Crippen LogP contribution is 2.37. The minimum atomic E-state index is 0.332. The van der Waals surface area contributed by atoms with Crippen molar-refractivity contribution >= 4 is 17.1 Å². The molecule has 3 rings (SSSR count). The average molecular weight is 262 g/mol. The van der Waals surface area contributed by atoms with Crippen LogP contribution in [0.3, 0.4) is 0 Å². The zero-order chi connectivity index (χ0) is 12.5. The van der Waals surface area contributed by atoms with Crippen molar-refractivity contribution in [2.24, 2.45) is 5.92 Å². The predicted molar refractivity (Wildman–Crippen MR) is 76.6 cm³/mol. The van der Waals surface area contributed by atoms with Gasteiger partial charge in [0.25, 0.3) is 0 Å². The summed E-state index contributed by atoms with van der Waals surface area (Å²) >= 11 is 1.89. The van der Waals surface area contributed by atoms with Gasteiger partial charge in [0.1, 0.15) is 0 Å². The normalized spacial score (nSPS) is 20.7. The molecule has 0 bridgehead atoms. The van der Waals surface area contributed by atoms with Gasteiger partial charge in [-0.2, -0.15) is 0 Å². The van der Waals surface area contributed by atoms with Crippen molar-refractivity contribution in [3.05, 3.63) is 20.9 Å². The van der Waals surface area contributed by atoms with Crippen LogP contribution in [0.25, 0.3) is 0 Å². The molecule has 0 unspecified atom stereocenters. The van der Waals surface area contributed by atoms with E-state index in [4.69, 9.17) is 0 Å². The first kappa shape index (κ1) is 12.4. The molecular weight excluding hydrogens is 240 g/mol. The highest BCUT2D eigenvalue weighted by atomic mass is 32.1. The lowest BCUT2D eigenvalue weighted by Gasteiger charge is -2.21. The molecule has 1 saturated carbocycles. The second kappa shape index (κ2) is 5.16. The molecule has 1 aromatic heterocycles. The summed E-state index contributed by atoms with van der Waals surface area (Å²) in [6, 6.07) is 0. The molecule has 1 aromatic rings. The fourth-order valence-corrected chi connectivity index (χ4v) is 4.86. The van der Waals surface area contributed by atoms with Gasteiger partial charge in [-0.25, -0.2) is 0 Å². The molecule has 1 heterocycles. The van der Waals surface area contributed by atoms with Gasteiger partial charge in [-0.1, -0.05) is 19.3 Å². The molecule has 0 amide bonds. The van der Waals surface area contributed by atoms with Gasteiger partial charge >= 0.3 is 0 Å². The second-order valence-electron chi connectivity index (χ2n) is 5.84. The first-order chi connectivity index (χ1) is 8.77. The van der Waals surface area contributed by atoms with Crippen LogP contribution < -0.4 is 0 Å². The number of carbonyl (C=O) groups excluding carboxylic acids is 1. The average Bonchev–Trinajstić information content (AvgIpc) is 2.75. The molecule has 98 valence electrons. The third kappa shape index (κ3) is 2.16. The maximum atomic E-state index is 12.8. The van der Waals surface area contributed by atoms with Crippen molar-refractivity contribution in [1.29, 1.82) is 0 Å². The standard InChI is InChI=1S/C16H22OS/c1-11-15(13-9-5-6-10-14(13)18-11)16(17)12-7-3-2-4-8-12/h12H,2-10H2,1H3. The molecule has 0 N–H and O–H groups in total. The number of rotatable bonds is 2. The number of Topliss-reactive ketones (excluding diaryl/α,β-unsaturated/α-hetero) is 1. The van der Waals surface area contributed by atoms with Gasteiger partial charge in [0, 0.05) is 21.2 Å². The van der Waals surface area contributed by atoms with E-state index in [1.54, 1.807) is 0 Å². The van der Waals surface area contributed by atoms with E-state index in [9.17, 15) is 4.79 Å². The molecule has 2 heteroatoms. The van der Waals surface area contributed by atoms with Crippen LogP contribution in [-0.4, -0.2) is 5.78 Å². The lowest BCUT2D eigenvalue weighted by atomic mass is 9.81. The third-order valence-corrected chi connectivity index (χ3v) is 5.78. The minimum absolute atomic E-state index is 0.332. The van der Waals surface area contributed by atoms with E-state index in [1.165, 1.54) is 53.8 Å². The fraction of sp³-hybridized carbons (Fsp3) is 0.688. The molecule has 0 spiro atoms. The van der Waals surface area contributed by atoms with Gasteiger partial charge in [-0.05, 0) is 51.0 Å². The molecule has 0 radical (unpaired) electrons. The van der Waals surface area contributed by atoms with E-state index in [2.05, 4.69) is 6.92 Å². The van der Waals surface area contributed by atoms with E-state index < -0.39 is 0 Å². The molecule has 1 fully saturated rings. The quantitative estimate of drug-likeness (QED) is 0.706. The summed E-state index contributed by atoms with van der Waals surface area (Å²) in [6.45, 7) is 2.15. The smallest absolute Gasteiger partial charge is 0.167 e. The lowest BCUT2D eigenvalue weighted by Crippen LogP contribution is -2.19. The summed E-state index contributed by atoms with van der Waals surface area (Å²) in [6.07, 6.45) is 11.0. The molecule has 0 saturated heterocycles. The Balaban J connectivity index is 1.90. The number of aryl methyl sites for hydroxylation is 2. The Morgan fingerprint density at radius 3 is 2.56 bits per heavy atom. The summed E-state index contributed by atoms with van der Waals surface area (Å²) in [5.41, 5.74) is 2.57. The zero-order valence-electron chi connectivity index (χ0n) is 11.3. The van der Waals surface area contributed by atoms with Crippen LogP contribution in [-0.2, 0) is 12.8 Å². The highest BCUT2D eigenvalue weighted by Gasteiger charge is 2.29. The summed E-state index contributed by atoms with van der Waals surface area (Å²) in [7, 11) is 0. The number of hydrogen-bond acceptors (Lipinski definition) is 2. The maximum Gasteiger partial charge on any atom is 0.167 e. The Kier molecular flexibility index (Phi) is 3.56. The fourth-order valence-electron chi connectivity index (χ4n) is 3.59. The molecule has 0 atom stereocenters. The van der Waals surface area contributed by atoms with Gasteiger partial charge < -0.3 is 0 Å². The van der Waals surface area contributed by atoms with Crippen LogP contribution >= 0.6 is 11.3 Å². The number of thiophene rings is 1. The van der Waals surface area contributed by atoms with E-state index in [-0.39, 0.29) is 0 Å². The summed E-state index contributed by atoms with van der Waals surface area (Å²) < 4.78 is 0. The van der Waals surface area contributed by atoms with Gasteiger partial charge in [0.15, 0.2) is 5.78 Å². The molecule has 18 heavy (non-hydrogen) atoms. The molecular formula is C16H22OS. The number of ketones is 1. The Hall–Kier alpha value is -0.630. The van der Waals surface area contributed by atoms with Crippen molar-refractivity contribution in [2.45, 2.75) is 64.7 Å². The predicted octanol–water partition coefficient (Wildman–Crippen LogP) is 4.70. The molecule has 2 aliphatic carbocycles. The topological polar surface area (TPSA) is 17.1 Å². The van der Waals surface area contributed by atoms with Gasteiger partial charge in [-0.3, -0.25) is 4.79 Å². The largest absolute Gasteiger partial charge is 0.294 e. The summed E-state index contributed by atoms with van der Waals surface area (Å²) in [5.74, 6) is 0.810. The van der Waals surface area contributed by atoms with Crippen molar-refractivity contribution in [3.8, 4) is 0 Å². The van der Waals surface area contributed by atoms with Crippen molar-refractivity contribution in [3.63, 3.8) is 0 Å². The first-order valence-electron chi connectivity index (χ1n) is 7.42. The van der Waals surface area contributed by atoms with E-state index in [1.807, 2.05) is 11.3 Å². The van der Waals surface area contributed by atoms with E-state index in [0.29, 0.717) is 11.7 Å². The number of carbonyl (C=O) groups is 1. The lowest BCUT2D eigenvalue weighted by molar-refractivity contribution is 0.0888. The third-order valence-electron chi connectivity index (χ3n) is 4.57. The Bertz CT molecular complexity index is 452. The van der Waals surface area contributed by atoms with Crippen LogP contribution in [0.4, 0.5) is 0 Å². The Labute approximate surface area is 114 Å². The molecule has 0 aliphatic heterocycles. The first-order valence-corrected chi connectivity index (χ1v) is 8.24. The Morgan fingerprint density at radius 2 is 1.78 bits per heavy atom. The van der Waals surface area contributed by atoms with Crippen LogP contribution in [0.5, 0.6) is 0 Å². The SMILES string of the molecule is Cc1sc2c(c1C(=O)C1CCCCC1)CCCC2.